The molecule has 0 spiro atoms. The lowest BCUT2D eigenvalue weighted by molar-refractivity contribution is -0.393. The molecule has 8 heteroatoms. The third-order valence-electron chi connectivity index (χ3n) is 4.80. The summed E-state index contributed by atoms with van der Waals surface area (Å²) >= 11 is 0. The minimum Gasteiger partial charge on any atom is -0.258 e. The van der Waals surface area contributed by atoms with Gasteiger partial charge in [-0.2, -0.15) is 0 Å². The molecule has 0 unspecified atom stereocenters. The van der Waals surface area contributed by atoms with E-state index in [2.05, 4.69) is 0 Å². The highest BCUT2D eigenvalue weighted by atomic mass is 16.6. The van der Waals surface area contributed by atoms with Gasteiger partial charge in [0.1, 0.15) is 5.69 Å². The second-order valence-corrected chi connectivity index (χ2v) is 6.82. The molecule has 0 atom stereocenters. The number of para-hydroxylation sites is 3. The smallest absolute Gasteiger partial charge is 0.258 e. The van der Waals surface area contributed by atoms with Crippen LogP contribution in [0.1, 0.15) is 0 Å². The van der Waals surface area contributed by atoms with Gasteiger partial charge in [-0.15, -0.1) is 0 Å². The zero-order chi connectivity index (χ0) is 22.5. The van der Waals surface area contributed by atoms with Gasteiger partial charge in [-0.1, -0.05) is 54.6 Å². The van der Waals surface area contributed by atoms with Crippen LogP contribution in [-0.2, 0) is 0 Å². The Balaban J connectivity index is 2.01. The van der Waals surface area contributed by atoms with Crippen LogP contribution in [0.2, 0.25) is 0 Å². The zero-order valence-corrected chi connectivity index (χ0v) is 16.8. The van der Waals surface area contributed by atoms with Crippen molar-refractivity contribution >= 4 is 34.1 Å². The summed E-state index contributed by atoms with van der Waals surface area (Å²) in [4.78, 5) is 22.0. The molecule has 0 radical (unpaired) electrons. The molecule has 4 rings (SSSR count). The van der Waals surface area contributed by atoms with E-state index < -0.39 is 9.85 Å². The third-order valence-corrected chi connectivity index (χ3v) is 4.80. The number of hydrazine groups is 1. The summed E-state index contributed by atoms with van der Waals surface area (Å²) < 4.78 is 0. The van der Waals surface area contributed by atoms with Crippen LogP contribution in [0.25, 0.3) is 0 Å². The summed E-state index contributed by atoms with van der Waals surface area (Å²) in [6.45, 7) is 0. The number of hydrogen-bond donors (Lipinski definition) is 0. The van der Waals surface area contributed by atoms with E-state index in [-0.39, 0.29) is 17.1 Å². The lowest BCUT2D eigenvalue weighted by Crippen LogP contribution is -2.36. The number of nitrogens with zero attached hydrogens (tertiary/aromatic N) is 4. The summed E-state index contributed by atoms with van der Waals surface area (Å²) in [5.74, 6) is 0. The van der Waals surface area contributed by atoms with E-state index in [9.17, 15) is 20.2 Å². The van der Waals surface area contributed by atoms with E-state index in [1.165, 1.54) is 12.1 Å². The first kappa shape index (κ1) is 20.5. The summed E-state index contributed by atoms with van der Waals surface area (Å²) in [5.41, 5.74) is 1.64. The standard InChI is InChI=1S/C24H18N4O4/c29-27(30)22-16-17-23(24(18-22)28(31)32)26(21-14-8-3-9-15-21)25(19-10-4-1-5-11-19)20-12-6-2-7-13-20/h1-18H. The fourth-order valence-corrected chi connectivity index (χ4v) is 3.40. The highest BCUT2D eigenvalue weighted by Gasteiger charge is 2.29. The van der Waals surface area contributed by atoms with Crippen molar-refractivity contribution in [1.82, 2.24) is 0 Å². The Bertz CT molecular complexity index is 1200. The van der Waals surface area contributed by atoms with Crippen LogP contribution in [0.5, 0.6) is 0 Å². The van der Waals surface area contributed by atoms with E-state index >= 15 is 0 Å². The minimum absolute atomic E-state index is 0.194. The van der Waals surface area contributed by atoms with Crippen LogP contribution < -0.4 is 10.0 Å². The molecule has 0 fully saturated rings. The quantitative estimate of drug-likeness (QED) is 0.251. The summed E-state index contributed by atoms with van der Waals surface area (Å²) in [6, 6.07) is 31.6. The van der Waals surface area contributed by atoms with E-state index in [0.717, 1.165) is 17.4 Å². The molecule has 0 bridgehead atoms. The van der Waals surface area contributed by atoms with Crippen LogP contribution in [0.3, 0.4) is 0 Å². The molecular weight excluding hydrogens is 408 g/mol. The Labute approximate surface area is 183 Å². The number of rotatable bonds is 7. The number of nitro groups is 2. The van der Waals surface area contributed by atoms with Gasteiger partial charge in [0.25, 0.3) is 5.69 Å². The minimum atomic E-state index is -0.643. The van der Waals surface area contributed by atoms with Crippen molar-refractivity contribution in [3.63, 3.8) is 0 Å². The molecule has 0 aliphatic heterocycles. The largest absolute Gasteiger partial charge is 0.301 e. The third kappa shape index (κ3) is 4.10. The second-order valence-electron chi connectivity index (χ2n) is 6.82. The Morgan fingerprint density at radius 1 is 0.531 bits per heavy atom. The summed E-state index contributed by atoms with van der Waals surface area (Å²) in [6.07, 6.45) is 0. The first-order valence-electron chi connectivity index (χ1n) is 9.74. The maximum absolute atomic E-state index is 12.0. The van der Waals surface area contributed by atoms with E-state index in [1.807, 2.05) is 96.0 Å². The number of anilines is 4. The molecule has 8 nitrogen and oxygen atoms in total. The van der Waals surface area contributed by atoms with Gasteiger partial charge in [0.05, 0.1) is 33.0 Å². The topological polar surface area (TPSA) is 92.8 Å². The number of benzene rings is 4. The molecule has 32 heavy (non-hydrogen) atoms. The molecule has 0 amide bonds. The van der Waals surface area contributed by atoms with Crippen molar-refractivity contribution in [3.8, 4) is 0 Å². The predicted molar refractivity (Wildman–Crippen MR) is 123 cm³/mol. The second kappa shape index (κ2) is 8.97. The normalized spacial score (nSPS) is 10.4. The van der Waals surface area contributed by atoms with Crippen molar-refractivity contribution < 1.29 is 9.85 Å². The number of non-ortho nitro benzene ring substituents is 1. The number of hydrogen-bond acceptors (Lipinski definition) is 6. The van der Waals surface area contributed by atoms with Crippen LogP contribution >= 0.6 is 0 Å². The first-order valence-corrected chi connectivity index (χ1v) is 9.74. The molecule has 0 aromatic heterocycles. The molecule has 0 saturated heterocycles. The van der Waals surface area contributed by atoms with Crippen LogP contribution in [0.4, 0.5) is 34.1 Å². The highest BCUT2D eigenvalue weighted by molar-refractivity contribution is 5.82. The SMILES string of the molecule is O=[N+]([O-])c1ccc(N(c2ccccc2)N(c2ccccc2)c2ccccc2)c([N+](=O)[O-])c1. The van der Waals surface area contributed by atoms with Gasteiger partial charge in [0.2, 0.25) is 0 Å². The monoisotopic (exact) mass is 426 g/mol. The summed E-state index contributed by atoms with van der Waals surface area (Å²) in [5, 5.41) is 26.8. The van der Waals surface area contributed by atoms with Gasteiger partial charge in [-0.05, 0) is 42.5 Å². The molecule has 4 aromatic rings. The maximum atomic E-state index is 12.0. The Morgan fingerprint density at radius 3 is 1.38 bits per heavy atom. The molecule has 0 aliphatic rings. The molecule has 0 heterocycles. The lowest BCUT2D eigenvalue weighted by Gasteiger charge is -2.38. The van der Waals surface area contributed by atoms with Crippen molar-refractivity contribution in [2.45, 2.75) is 0 Å². The Morgan fingerprint density at radius 2 is 0.969 bits per heavy atom. The average molecular weight is 426 g/mol. The summed E-state index contributed by atoms with van der Waals surface area (Å²) in [7, 11) is 0. The van der Waals surface area contributed by atoms with Crippen LogP contribution in [0, 0.1) is 20.2 Å². The highest BCUT2D eigenvalue weighted by Crippen LogP contribution is 2.41. The molecule has 0 aliphatic carbocycles. The maximum Gasteiger partial charge on any atom is 0.301 e. The molecule has 158 valence electrons. The lowest BCUT2D eigenvalue weighted by atomic mass is 10.2. The van der Waals surface area contributed by atoms with Gasteiger partial charge in [-0.3, -0.25) is 20.2 Å². The fraction of sp³-hybridized carbons (Fsp3) is 0. The van der Waals surface area contributed by atoms with Crippen LogP contribution in [-0.4, -0.2) is 9.85 Å². The van der Waals surface area contributed by atoms with Gasteiger partial charge >= 0.3 is 5.69 Å². The number of nitro benzene ring substituents is 2. The molecule has 0 N–H and O–H groups in total. The van der Waals surface area contributed by atoms with Gasteiger partial charge in [0.15, 0.2) is 0 Å². The fourth-order valence-electron chi connectivity index (χ4n) is 3.40. The zero-order valence-electron chi connectivity index (χ0n) is 16.8. The van der Waals surface area contributed by atoms with Crippen LogP contribution in [0.15, 0.2) is 109 Å². The Kier molecular flexibility index (Phi) is 5.76. The first-order chi connectivity index (χ1) is 15.6. The van der Waals surface area contributed by atoms with E-state index in [0.29, 0.717) is 5.69 Å². The Hall–Kier alpha value is -4.72. The van der Waals surface area contributed by atoms with Crippen molar-refractivity contribution in [2.24, 2.45) is 0 Å². The van der Waals surface area contributed by atoms with Gasteiger partial charge < -0.3 is 0 Å². The molecule has 0 saturated carbocycles. The van der Waals surface area contributed by atoms with Gasteiger partial charge in [-0.25, -0.2) is 10.0 Å². The predicted octanol–water partition coefficient (Wildman–Crippen LogP) is 6.39. The molecule has 4 aromatic carbocycles. The molecular formula is C24H18N4O4. The van der Waals surface area contributed by atoms with Crippen molar-refractivity contribution in [3.05, 3.63) is 129 Å². The average Bonchev–Trinajstić information content (AvgIpc) is 2.83. The van der Waals surface area contributed by atoms with Crippen molar-refractivity contribution in [2.75, 3.05) is 10.0 Å². The van der Waals surface area contributed by atoms with Crippen molar-refractivity contribution in [1.29, 1.82) is 0 Å². The van der Waals surface area contributed by atoms with E-state index in [4.69, 9.17) is 0 Å². The van der Waals surface area contributed by atoms with Gasteiger partial charge in [0, 0.05) is 6.07 Å². The van der Waals surface area contributed by atoms with E-state index in [1.54, 1.807) is 5.01 Å².